The van der Waals surface area contributed by atoms with E-state index in [9.17, 15) is 0 Å². The van der Waals surface area contributed by atoms with Crippen molar-refractivity contribution in [2.24, 2.45) is 5.10 Å². The Bertz CT molecular complexity index is 295. The van der Waals surface area contributed by atoms with E-state index in [-0.39, 0.29) is 0 Å². The van der Waals surface area contributed by atoms with Crippen molar-refractivity contribution in [3.8, 4) is 0 Å². The Hall–Kier alpha value is -1.02. The van der Waals surface area contributed by atoms with Gasteiger partial charge in [0.05, 0.1) is 0 Å². The SMILES string of the molecule is CN(C)N=CCc1ccccc1Cl. The zero-order valence-corrected chi connectivity index (χ0v) is 8.62. The first-order valence-electron chi connectivity index (χ1n) is 4.13. The van der Waals surface area contributed by atoms with E-state index < -0.39 is 0 Å². The Morgan fingerprint density at radius 1 is 1.38 bits per heavy atom. The third kappa shape index (κ3) is 3.47. The molecular formula is C10H13ClN2. The molecule has 1 aromatic carbocycles. The molecule has 0 N–H and O–H groups in total. The zero-order chi connectivity index (χ0) is 9.68. The molecule has 0 heterocycles. The fraction of sp³-hybridized carbons (Fsp3) is 0.300. The molecule has 0 aliphatic rings. The number of halogens is 1. The molecule has 13 heavy (non-hydrogen) atoms. The summed E-state index contributed by atoms with van der Waals surface area (Å²) in [6.45, 7) is 0. The summed E-state index contributed by atoms with van der Waals surface area (Å²) in [5.74, 6) is 0. The van der Waals surface area contributed by atoms with Crippen LogP contribution in [0.4, 0.5) is 0 Å². The molecular weight excluding hydrogens is 184 g/mol. The van der Waals surface area contributed by atoms with Gasteiger partial charge in [-0.05, 0) is 11.6 Å². The second kappa shape index (κ2) is 4.87. The number of hydrogen-bond acceptors (Lipinski definition) is 2. The van der Waals surface area contributed by atoms with E-state index in [2.05, 4.69) is 5.10 Å². The zero-order valence-electron chi connectivity index (χ0n) is 7.87. The molecule has 0 atom stereocenters. The third-order valence-corrected chi connectivity index (χ3v) is 1.95. The van der Waals surface area contributed by atoms with E-state index in [1.807, 2.05) is 44.6 Å². The van der Waals surface area contributed by atoms with Crippen LogP contribution in [0, 0.1) is 0 Å². The normalized spacial score (nSPS) is 10.7. The Labute approximate surface area is 83.8 Å². The quantitative estimate of drug-likeness (QED) is 0.536. The molecule has 2 nitrogen and oxygen atoms in total. The summed E-state index contributed by atoms with van der Waals surface area (Å²) in [4.78, 5) is 0. The minimum Gasteiger partial charge on any atom is -0.303 e. The number of benzene rings is 1. The van der Waals surface area contributed by atoms with E-state index >= 15 is 0 Å². The first-order valence-corrected chi connectivity index (χ1v) is 4.51. The Morgan fingerprint density at radius 3 is 2.69 bits per heavy atom. The summed E-state index contributed by atoms with van der Waals surface area (Å²) in [6.07, 6.45) is 2.62. The molecule has 0 aromatic heterocycles. The maximum atomic E-state index is 5.96. The summed E-state index contributed by atoms with van der Waals surface area (Å²) in [6, 6.07) is 7.80. The summed E-state index contributed by atoms with van der Waals surface area (Å²) in [7, 11) is 3.78. The van der Waals surface area contributed by atoms with Crippen molar-refractivity contribution >= 4 is 17.8 Å². The van der Waals surface area contributed by atoms with Crippen LogP contribution in [-0.2, 0) is 6.42 Å². The van der Waals surface area contributed by atoms with E-state index in [1.165, 1.54) is 0 Å². The van der Waals surface area contributed by atoms with Gasteiger partial charge in [0.15, 0.2) is 0 Å². The molecule has 70 valence electrons. The average Bonchev–Trinajstić information content (AvgIpc) is 2.08. The third-order valence-electron chi connectivity index (χ3n) is 1.58. The summed E-state index contributed by atoms with van der Waals surface area (Å²) < 4.78 is 0. The maximum Gasteiger partial charge on any atom is 0.0441 e. The number of hydrazone groups is 1. The van der Waals surface area contributed by atoms with Gasteiger partial charge in [0.2, 0.25) is 0 Å². The summed E-state index contributed by atoms with van der Waals surface area (Å²) in [5.41, 5.74) is 1.11. The van der Waals surface area contributed by atoms with Crippen LogP contribution in [0.3, 0.4) is 0 Å². The van der Waals surface area contributed by atoms with Gasteiger partial charge in [-0.2, -0.15) is 5.10 Å². The lowest BCUT2D eigenvalue weighted by molar-refractivity contribution is 0.439. The summed E-state index contributed by atoms with van der Waals surface area (Å²) in [5, 5.41) is 6.67. The van der Waals surface area contributed by atoms with E-state index in [0.29, 0.717) is 0 Å². The highest BCUT2D eigenvalue weighted by Gasteiger charge is 1.95. The highest BCUT2D eigenvalue weighted by Crippen LogP contribution is 2.14. The van der Waals surface area contributed by atoms with Gasteiger partial charge in [-0.3, -0.25) is 0 Å². The van der Waals surface area contributed by atoms with E-state index in [1.54, 1.807) is 5.01 Å². The highest BCUT2D eigenvalue weighted by molar-refractivity contribution is 6.31. The molecule has 0 amide bonds. The molecule has 0 unspecified atom stereocenters. The first kappa shape index (κ1) is 10.1. The van der Waals surface area contributed by atoms with Crippen molar-refractivity contribution < 1.29 is 0 Å². The molecule has 1 aromatic rings. The standard InChI is InChI=1S/C10H13ClN2/c1-13(2)12-8-7-9-5-3-4-6-10(9)11/h3-6,8H,7H2,1-2H3. The maximum absolute atomic E-state index is 5.96. The fourth-order valence-electron chi connectivity index (χ4n) is 0.966. The molecule has 1 rings (SSSR count). The van der Waals surface area contributed by atoms with Crippen molar-refractivity contribution in [2.75, 3.05) is 14.1 Å². The Balaban J connectivity index is 2.59. The topological polar surface area (TPSA) is 15.6 Å². The number of rotatable bonds is 3. The molecule has 0 bridgehead atoms. The lowest BCUT2D eigenvalue weighted by atomic mass is 10.2. The summed E-state index contributed by atoms with van der Waals surface area (Å²) >= 11 is 5.96. The van der Waals surface area contributed by atoms with E-state index in [4.69, 9.17) is 11.6 Å². The van der Waals surface area contributed by atoms with Gasteiger partial charge in [-0.1, -0.05) is 29.8 Å². The van der Waals surface area contributed by atoms with Crippen molar-refractivity contribution in [3.05, 3.63) is 34.9 Å². The van der Waals surface area contributed by atoms with Crippen LogP contribution in [-0.4, -0.2) is 25.3 Å². The molecule has 0 saturated carbocycles. The van der Waals surface area contributed by atoms with Crippen LogP contribution in [0.1, 0.15) is 5.56 Å². The van der Waals surface area contributed by atoms with Crippen molar-refractivity contribution in [1.82, 2.24) is 5.01 Å². The molecule has 0 fully saturated rings. The van der Waals surface area contributed by atoms with E-state index in [0.717, 1.165) is 17.0 Å². The van der Waals surface area contributed by atoms with Gasteiger partial charge in [0, 0.05) is 31.8 Å². The second-order valence-electron chi connectivity index (χ2n) is 2.94. The van der Waals surface area contributed by atoms with Crippen LogP contribution in [0.15, 0.2) is 29.4 Å². The molecule has 0 saturated heterocycles. The van der Waals surface area contributed by atoms with Crippen molar-refractivity contribution in [1.29, 1.82) is 0 Å². The van der Waals surface area contributed by atoms with Gasteiger partial charge in [0.1, 0.15) is 0 Å². The lowest BCUT2D eigenvalue weighted by Crippen LogP contribution is -2.02. The molecule has 0 aliphatic heterocycles. The van der Waals surface area contributed by atoms with Crippen LogP contribution in [0.2, 0.25) is 5.02 Å². The molecule has 0 aliphatic carbocycles. The minimum atomic E-state index is 0.776. The minimum absolute atomic E-state index is 0.776. The number of nitrogens with zero attached hydrogens (tertiary/aromatic N) is 2. The smallest absolute Gasteiger partial charge is 0.0441 e. The van der Waals surface area contributed by atoms with Gasteiger partial charge in [-0.25, -0.2) is 0 Å². The highest BCUT2D eigenvalue weighted by atomic mass is 35.5. The van der Waals surface area contributed by atoms with Crippen LogP contribution < -0.4 is 0 Å². The van der Waals surface area contributed by atoms with Crippen LogP contribution >= 0.6 is 11.6 Å². The Kier molecular flexibility index (Phi) is 3.77. The first-order chi connectivity index (χ1) is 6.20. The monoisotopic (exact) mass is 196 g/mol. The van der Waals surface area contributed by atoms with Gasteiger partial charge in [0.25, 0.3) is 0 Å². The van der Waals surface area contributed by atoms with Crippen LogP contribution in [0.5, 0.6) is 0 Å². The van der Waals surface area contributed by atoms with Crippen molar-refractivity contribution in [3.63, 3.8) is 0 Å². The van der Waals surface area contributed by atoms with Crippen LogP contribution in [0.25, 0.3) is 0 Å². The second-order valence-corrected chi connectivity index (χ2v) is 3.35. The fourth-order valence-corrected chi connectivity index (χ4v) is 1.18. The molecule has 0 spiro atoms. The van der Waals surface area contributed by atoms with Gasteiger partial charge < -0.3 is 5.01 Å². The Morgan fingerprint density at radius 2 is 2.08 bits per heavy atom. The largest absolute Gasteiger partial charge is 0.303 e. The van der Waals surface area contributed by atoms with Gasteiger partial charge in [-0.15, -0.1) is 0 Å². The average molecular weight is 197 g/mol. The van der Waals surface area contributed by atoms with Gasteiger partial charge >= 0.3 is 0 Å². The molecule has 3 heteroatoms. The van der Waals surface area contributed by atoms with Crippen molar-refractivity contribution in [2.45, 2.75) is 6.42 Å². The molecule has 0 radical (unpaired) electrons. The predicted molar refractivity (Wildman–Crippen MR) is 57.3 cm³/mol. The lowest BCUT2D eigenvalue weighted by Gasteiger charge is -2.03. The predicted octanol–water partition coefficient (Wildman–Crippen LogP) is 2.43. The number of hydrogen-bond donors (Lipinski definition) is 0.